The van der Waals surface area contributed by atoms with Crippen LogP contribution in [0.25, 0.3) is 0 Å². The summed E-state index contributed by atoms with van der Waals surface area (Å²) in [5.41, 5.74) is 7.81. The molecule has 4 nitrogen and oxygen atoms in total. The normalized spacial score (nSPS) is 9.71. The molecule has 0 spiro atoms. The first-order valence-corrected chi connectivity index (χ1v) is 5.52. The molecule has 1 rings (SSSR count). The van der Waals surface area contributed by atoms with E-state index in [1.165, 1.54) is 6.26 Å². The minimum absolute atomic E-state index is 0.103. The lowest BCUT2D eigenvalue weighted by Gasteiger charge is -2.09. The van der Waals surface area contributed by atoms with Crippen LogP contribution in [0.3, 0.4) is 0 Å². The number of ether oxygens (including phenoxy) is 1. The second kappa shape index (κ2) is 6.58. The zero-order valence-electron chi connectivity index (χ0n) is 10.0. The fourth-order valence-electron chi connectivity index (χ4n) is 1.44. The Morgan fingerprint density at radius 1 is 1.59 bits per heavy atom. The molecule has 17 heavy (non-hydrogen) atoms. The van der Waals surface area contributed by atoms with Gasteiger partial charge in [-0.25, -0.2) is 0 Å². The molecular formula is C13H18N2O2. The summed E-state index contributed by atoms with van der Waals surface area (Å²) < 4.78 is 4.96. The number of anilines is 1. The van der Waals surface area contributed by atoms with Crippen LogP contribution in [0.15, 0.2) is 31.0 Å². The first kappa shape index (κ1) is 13.1. The third-order valence-corrected chi connectivity index (χ3v) is 2.46. The summed E-state index contributed by atoms with van der Waals surface area (Å²) in [6, 6.07) is 5.32. The van der Waals surface area contributed by atoms with E-state index < -0.39 is 0 Å². The van der Waals surface area contributed by atoms with E-state index in [1.54, 1.807) is 18.2 Å². The van der Waals surface area contributed by atoms with E-state index in [2.05, 4.69) is 11.9 Å². The molecule has 4 heteroatoms. The predicted molar refractivity (Wildman–Crippen MR) is 68.7 cm³/mol. The van der Waals surface area contributed by atoms with Crippen LogP contribution in [0.1, 0.15) is 22.3 Å². The van der Waals surface area contributed by atoms with Gasteiger partial charge in [0.15, 0.2) is 0 Å². The van der Waals surface area contributed by atoms with Crippen molar-refractivity contribution >= 4 is 11.6 Å². The third kappa shape index (κ3) is 3.83. The molecule has 3 N–H and O–H groups in total. The molecule has 0 saturated carbocycles. The van der Waals surface area contributed by atoms with E-state index in [0.717, 1.165) is 12.0 Å². The molecule has 0 bridgehead atoms. The summed E-state index contributed by atoms with van der Waals surface area (Å²) in [5.74, 6) is -0.103. The summed E-state index contributed by atoms with van der Waals surface area (Å²) in [4.78, 5) is 11.8. The first-order valence-electron chi connectivity index (χ1n) is 5.52. The molecule has 0 atom stereocenters. The minimum atomic E-state index is -0.103. The Labute approximate surface area is 101 Å². The van der Waals surface area contributed by atoms with Crippen molar-refractivity contribution in [3.63, 3.8) is 0 Å². The second-order valence-electron chi connectivity index (χ2n) is 3.67. The van der Waals surface area contributed by atoms with Crippen LogP contribution in [0, 0.1) is 6.92 Å². The lowest BCUT2D eigenvalue weighted by Crippen LogP contribution is -2.26. The zero-order valence-corrected chi connectivity index (χ0v) is 10.0. The molecule has 0 aliphatic rings. The van der Waals surface area contributed by atoms with E-state index in [-0.39, 0.29) is 5.91 Å². The Hall–Kier alpha value is -1.97. The first-order chi connectivity index (χ1) is 8.16. The Morgan fingerprint density at radius 2 is 2.35 bits per heavy atom. The summed E-state index contributed by atoms with van der Waals surface area (Å²) >= 11 is 0. The molecule has 0 aliphatic heterocycles. The van der Waals surface area contributed by atoms with E-state index in [4.69, 9.17) is 10.5 Å². The Morgan fingerprint density at radius 3 is 3.06 bits per heavy atom. The fraction of sp³-hybridized carbons (Fsp3) is 0.308. The van der Waals surface area contributed by atoms with Gasteiger partial charge >= 0.3 is 0 Å². The maximum Gasteiger partial charge on any atom is 0.251 e. The van der Waals surface area contributed by atoms with Crippen LogP contribution < -0.4 is 11.1 Å². The standard InChI is InChI=1S/C13H18N2O2/c1-3-17-9-5-8-15-13(16)11-6-4-7-12(14)10(11)2/h3-4,6-7H,1,5,8-9,14H2,2H3,(H,15,16). The quantitative estimate of drug-likeness (QED) is 0.448. The van der Waals surface area contributed by atoms with E-state index >= 15 is 0 Å². The summed E-state index contributed by atoms with van der Waals surface area (Å²) in [5, 5.41) is 2.82. The monoisotopic (exact) mass is 234 g/mol. The Bertz CT molecular complexity index is 402. The number of amides is 1. The Balaban J connectivity index is 2.47. The van der Waals surface area contributed by atoms with Gasteiger partial charge in [0.2, 0.25) is 0 Å². The number of carbonyl (C=O) groups is 1. The van der Waals surface area contributed by atoms with Gasteiger partial charge < -0.3 is 15.8 Å². The van der Waals surface area contributed by atoms with Crippen molar-refractivity contribution in [2.24, 2.45) is 0 Å². The number of hydrogen-bond donors (Lipinski definition) is 2. The highest BCUT2D eigenvalue weighted by Crippen LogP contribution is 2.15. The largest absolute Gasteiger partial charge is 0.502 e. The highest BCUT2D eigenvalue weighted by atomic mass is 16.5. The summed E-state index contributed by atoms with van der Waals surface area (Å²) in [7, 11) is 0. The molecule has 0 radical (unpaired) electrons. The maximum absolute atomic E-state index is 11.8. The van der Waals surface area contributed by atoms with E-state index in [1.807, 2.05) is 6.92 Å². The van der Waals surface area contributed by atoms with Crippen LogP contribution in [0.4, 0.5) is 5.69 Å². The molecule has 1 aromatic rings. The van der Waals surface area contributed by atoms with Gasteiger partial charge in [0.05, 0.1) is 12.9 Å². The number of nitrogens with two attached hydrogens (primary N) is 1. The van der Waals surface area contributed by atoms with Gasteiger partial charge in [-0.1, -0.05) is 12.6 Å². The predicted octanol–water partition coefficient (Wildman–Crippen LogP) is 1.86. The number of hydrogen-bond acceptors (Lipinski definition) is 3. The lowest BCUT2D eigenvalue weighted by atomic mass is 10.1. The zero-order chi connectivity index (χ0) is 12.7. The smallest absolute Gasteiger partial charge is 0.251 e. The molecule has 0 fully saturated rings. The van der Waals surface area contributed by atoms with Crippen molar-refractivity contribution in [2.75, 3.05) is 18.9 Å². The molecule has 1 aromatic carbocycles. The number of rotatable bonds is 6. The maximum atomic E-state index is 11.8. The summed E-state index contributed by atoms with van der Waals surface area (Å²) in [6.45, 7) is 6.40. The van der Waals surface area contributed by atoms with Crippen molar-refractivity contribution in [2.45, 2.75) is 13.3 Å². The van der Waals surface area contributed by atoms with Crippen molar-refractivity contribution in [3.8, 4) is 0 Å². The van der Waals surface area contributed by atoms with Gasteiger partial charge in [-0.05, 0) is 31.0 Å². The molecule has 1 amide bonds. The average molecular weight is 234 g/mol. The number of nitrogen functional groups attached to an aromatic ring is 1. The van der Waals surface area contributed by atoms with Crippen molar-refractivity contribution in [3.05, 3.63) is 42.2 Å². The van der Waals surface area contributed by atoms with Crippen LogP contribution in [0.2, 0.25) is 0 Å². The van der Waals surface area contributed by atoms with Gasteiger partial charge in [0.1, 0.15) is 0 Å². The van der Waals surface area contributed by atoms with E-state index in [9.17, 15) is 4.79 Å². The lowest BCUT2D eigenvalue weighted by molar-refractivity contribution is 0.0950. The molecule has 92 valence electrons. The van der Waals surface area contributed by atoms with Gasteiger partial charge in [0, 0.05) is 17.8 Å². The Kier molecular flexibility index (Phi) is 5.07. The van der Waals surface area contributed by atoms with Gasteiger partial charge in [-0.15, -0.1) is 0 Å². The molecule has 0 aliphatic carbocycles. The van der Waals surface area contributed by atoms with Crippen molar-refractivity contribution < 1.29 is 9.53 Å². The SMILES string of the molecule is C=COCCCNC(=O)c1cccc(N)c1C. The van der Waals surface area contributed by atoms with Crippen LogP contribution in [-0.2, 0) is 4.74 Å². The third-order valence-electron chi connectivity index (χ3n) is 2.46. The van der Waals surface area contributed by atoms with Gasteiger partial charge in [-0.3, -0.25) is 4.79 Å². The topological polar surface area (TPSA) is 64.3 Å². The number of carbonyl (C=O) groups excluding carboxylic acids is 1. The van der Waals surface area contributed by atoms with Gasteiger partial charge in [0.25, 0.3) is 5.91 Å². The average Bonchev–Trinajstić information content (AvgIpc) is 2.32. The molecule has 0 aromatic heterocycles. The van der Waals surface area contributed by atoms with Crippen LogP contribution in [-0.4, -0.2) is 19.1 Å². The molecule has 0 unspecified atom stereocenters. The number of nitrogens with one attached hydrogen (secondary N) is 1. The summed E-state index contributed by atoms with van der Waals surface area (Å²) in [6.07, 6.45) is 2.14. The van der Waals surface area contributed by atoms with Crippen molar-refractivity contribution in [1.82, 2.24) is 5.32 Å². The highest BCUT2D eigenvalue weighted by molar-refractivity contribution is 5.96. The fourth-order valence-corrected chi connectivity index (χ4v) is 1.44. The van der Waals surface area contributed by atoms with Crippen LogP contribution in [0.5, 0.6) is 0 Å². The second-order valence-corrected chi connectivity index (χ2v) is 3.67. The van der Waals surface area contributed by atoms with Crippen molar-refractivity contribution in [1.29, 1.82) is 0 Å². The minimum Gasteiger partial charge on any atom is -0.502 e. The van der Waals surface area contributed by atoms with Gasteiger partial charge in [-0.2, -0.15) is 0 Å². The molecule has 0 heterocycles. The highest BCUT2D eigenvalue weighted by Gasteiger charge is 2.09. The molecule has 0 saturated heterocycles. The molecular weight excluding hydrogens is 216 g/mol. The number of benzene rings is 1. The van der Waals surface area contributed by atoms with Crippen LogP contribution >= 0.6 is 0 Å². The van der Waals surface area contributed by atoms with E-state index in [0.29, 0.717) is 24.4 Å².